The van der Waals surface area contributed by atoms with Gasteiger partial charge in [0.25, 0.3) is 5.91 Å². The molecule has 1 aliphatic carbocycles. The molecule has 1 saturated carbocycles. The summed E-state index contributed by atoms with van der Waals surface area (Å²) in [6.45, 7) is 1.77. The number of ether oxygens (including phenoxy) is 1. The standard InChI is InChI=1S/C15H20N2O4/c1-2-17(10-14(18)19)15(20)11-7-8-13(16-9-11)21-12-5-3-4-6-12/h7-9,12H,2-6,10H2,1H3,(H,18,19). The fraction of sp³-hybridized carbons (Fsp3) is 0.533. The van der Waals surface area contributed by atoms with Gasteiger partial charge in [0.15, 0.2) is 0 Å². The average molecular weight is 292 g/mol. The zero-order valence-corrected chi connectivity index (χ0v) is 12.1. The SMILES string of the molecule is CCN(CC(=O)O)C(=O)c1ccc(OC2CCCC2)nc1. The number of rotatable bonds is 6. The number of carbonyl (C=O) groups is 2. The van der Waals surface area contributed by atoms with Gasteiger partial charge in [-0.05, 0) is 38.7 Å². The maximum absolute atomic E-state index is 12.1. The Hall–Kier alpha value is -2.11. The van der Waals surface area contributed by atoms with E-state index in [1.165, 1.54) is 23.9 Å². The number of carboxylic acids is 1. The number of aromatic nitrogens is 1. The highest BCUT2D eigenvalue weighted by molar-refractivity contribution is 5.95. The van der Waals surface area contributed by atoms with E-state index in [-0.39, 0.29) is 18.6 Å². The Balaban J connectivity index is 1.99. The van der Waals surface area contributed by atoms with Crippen LogP contribution in [0.25, 0.3) is 0 Å². The van der Waals surface area contributed by atoms with Gasteiger partial charge in [0.05, 0.1) is 5.56 Å². The van der Waals surface area contributed by atoms with Crippen LogP contribution in [0.4, 0.5) is 0 Å². The van der Waals surface area contributed by atoms with Crippen molar-refractivity contribution in [2.45, 2.75) is 38.7 Å². The van der Waals surface area contributed by atoms with Crippen LogP contribution >= 0.6 is 0 Å². The minimum atomic E-state index is -1.03. The third-order valence-electron chi connectivity index (χ3n) is 3.57. The molecule has 6 nitrogen and oxygen atoms in total. The van der Waals surface area contributed by atoms with Crippen LogP contribution < -0.4 is 4.74 Å². The third kappa shape index (κ3) is 4.18. The van der Waals surface area contributed by atoms with Crippen molar-refractivity contribution in [1.29, 1.82) is 0 Å². The Bertz CT molecular complexity index is 495. The molecule has 0 saturated heterocycles. The molecule has 114 valence electrons. The number of hydrogen-bond donors (Lipinski definition) is 1. The van der Waals surface area contributed by atoms with Gasteiger partial charge in [-0.15, -0.1) is 0 Å². The van der Waals surface area contributed by atoms with Crippen LogP contribution in [0.1, 0.15) is 43.0 Å². The average Bonchev–Trinajstić information content (AvgIpc) is 2.97. The zero-order chi connectivity index (χ0) is 15.2. The minimum absolute atomic E-state index is 0.221. The van der Waals surface area contributed by atoms with Crippen LogP contribution in [0.15, 0.2) is 18.3 Å². The molecule has 1 fully saturated rings. The summed E-state index contributed by atoms with van der Waals surface area (Å²) in [5.41, 5.74) is 0.372. The smallest absolute Gasteiger partial charge is 0.323 e. The van der Waals surface area contributed by atoms with Crippen molar-refractivity contribution in [3.63, 3.8) is 0 Å². The second-order valence-electron chi connectivity index (χ2n) is 5.12. The predicted molar refractivity (Wildman–Crippen MR) is 76.3 cm³/mol. The molecule has 0 aromatic carbocycles. The van der Waals surface area contributed by atoms with E-state index in [2.05, 4.69) is 4.98 Å². The third-order valence-corrected chi connectivity index (χ3v) is 3.57. The first-order valence-electron chi connectivity index (χ1n) is 7.24. The van der Waals surface area contributed by atoms with Gasteiger partial charge in [-0.3, -0.25) is 9.59 Å². The van der Waals surface area contributed by atoms with E-state index < -0.39 is 5.97 Å². The van der Waals surface area contributed by atoms with E-state index in [9.17, 15) is 9.59 Å². The quantitative estimate of drug-likeness (QED) is 0.867. The van der Waals surface area contributed by atoms with Gasteiger partial charge in [-0.2, -0.15) is 0 Å². The molecule has 21 heavy (non-hydrogen) atoms. The Morgan fingerprint density at radius 3 is 2.62 bits per heavy atom. The molecule has 0 spiro atoms. The summed E-state index contributed by atoms with van der Waals surface area (Å²) in [5, 5.41) is 8.78. The van der Waals surface area contributed by atoms with Gasteiger partial charge in [0.2, 0.25) is 5.88 Å². The van der Waals surface area contributed by atoms with Crippen LogP contribution in [0.5, 0.6) is 5.88 Å². The maximum atomic E-state index is 12.1. The maximum Gasteiger partial charge on any atom is 0.323 e. The first-order chi connectivity index (χ1) is 10.1. The lowest BCUT2D eigenvalue weighted by atomic mass is 10.2. The second-order valence-corrected chi connectivity index (χ2v) is 5.12. The molecule has 0 radical (unpaired) electrons. The molecule has 1 amide bonds. The number of pyridine rings is 1. The summed E-state index contributed by atoms with van der Waals surface area (Å²) in [5.74, 6) is -0.848. The van der Waals surface area contributed by atoms with Gasteiger partial charge < -0.3 is 14.7 Å². The summed E-state index contributed by atoms with van der Waals surface area (Å²) in [6.07, 6.45) is 6.12. The summed E-state index contributed by atoms with van der Waals surface area (Å²) in [7, 11) is 0. The number of aliphatic carboxylic acids is 1. The van der Waals surface area contributed by atoms with Gasteiger partial charge in [0.1, 0.15) is 12.6 Å². The predicted octanol–water partition coefficient (Wildman–Crippen LogP) is 1.95. The lowest BCUT2D eigenvalue weighted by molar-refractivity contribution is -0.137. The molecule has 1 aliphatic rings. The fourth-order valence-electron chi connectivity index (χ4n) is 2.43. The van der Waals surface area contributed by atoms with E-state index in [1.807, 2.05) is 0 Å². The van der Waals surface area contributed by atoms with E-state index in [1.54, 1.807) is 19.1 Å². The van der Waals surface area contributed by atoms with Crippen molar-refractivity contribution in [1.82, 2.24) is 9.88 Å². The summed E-state index contributed by atoms with van der Waals surface area (Å²) >= 11 is 0. The van der Waals surface area contributed by atoms with Crippen molar-refractivity contribution in [3.8, 4) is 5.88 Å². The van der Waals surface area contributed by atoms with E-state index in [0.717, 1.165) is 12.8 Å². The molecular formula is C15H20N2O4. The molecule has 0 aliphatic heterocycles. The molecule has 2 rings (SSSR count). The Kier molecular flexibility index (Phi) is 5.14. The molecule has 0 unspecified atom stereocenters. The van der Waals surface area contributed by atoms with Crippen LogP contribution in [0.2, 0.25) is 0 Å². The molecule has 6 heteroatoms. The summed E-state index contributed by atoms with van der Waals surface area (Å²) in [4.78, 5) is 28.3. The van der Waals surface area contributed by atoms with Gasteiger partial charge in [-0.1, -0.05) is 0 Å². The van der Waals surface area contributed by atoms with E-state index in [4.69, 9.17) is 9.84 Å². The van der Waals surface area contributed by atoms with Crippen molar-refractivity contribution in [3.05, 3.63) is 23.9 Å². The number of carboxylic acid groups (broad SMARTS) is 1. The highest BCUT2D eigenvalue weighted by Crippen LogP contribution is 2.23. The first kappa shape index (κ1) is 15.3. The molecule has 1 heterocycles. The lowest BCUT2D eigenvalue weighted by Gasteiger charge is -2.18. The van der Waals surface area contributed by atoms with Crippen molar-refractivity contribution in [2.75, 3.05) is 13.1 Å². The van der Waals surface area contributed by atoms with Crippen LogP contribution in [0, 0.1) is 0 Å². The Morgan fingerprint density at radius 1 is 1.38 bits per heavy atom. The minimum Gasteiger partial charge on any atom is -0.480 e. The number of nitrogens with zero attached hydrogens (tertiary/aromatic N) is 2. The number of amides is 1. The Labute approximate surface area is 123 Å². The van der Waals surface area contributed by atoms with Gasteiger partial charge in [0, 0.05) is 18.8 Å². The highest BCUT2D eigenvalue weighted by Gasteiger charge is 2.19. The Morgan fingerprint density at radius 2 is 2.10 bits per heavy atom. The number of hydrogen-bond acceptors (Lipinski definition) is 4. The van der Waals surface area contributed by atoms with Crippen molar-refractivity contribution in [2.24, 2.45) is 0 Å². The van der Waals surface area contributed by atoms with Gasteiger partial charge in [-0.25, -0.2) is 4.98 Å². The number of carbonyl (C=O) groups excluding carboxylic acids is 1. The van der Waals surface area contributed by atoms with Crippen LogP contribution in [0.3, 0.4) is 0 Å². The topological polar surface area (TPSA) is 79.7 Å². The fourth-order valence-corrected chi connectivity index (χ4v) is 2.43. The van der Waals surface area contributed by atoms with Crippen LogP contribution in [-0.2, 0) is 4.79 Å². The largest absolute Gasteiger partial charge is 0.480 e. The second kappa shape index (κ2) is 7.06. The van der Waals surface area contributed by atoms with Crippen molar-refractivity contribution < 1.29 is 19.4 Å². The van der Waals surface area contributed by atoms with E-state index >= 15 is 0 Å². The highest BCUT2D eigenvalue weighted by atomic mass is 16.5. The number of likely N-dealkylation sites (N-methyl/N-ethyl adjacent to an activating group) is 1. The molecule has 1 aromatic heterocycles. The molecule has 0 atom stereocenters. The van der Waals surface area contributed by atoms with Gasteiger partial charge >= 0.3 is 5.97 Å². The normalized spacial score (nSPS) is 14.9. The molecule has 1 N–H and O–H groups in total. The lowest BCUT2D eigenvalue weighted by Crippen LogP contribution is -2.35. The van der Waals surface area contributed by atoms with E-state index in [0.29, 0.717) is 18.0 Å². The van der Waals surface area contributed by atoms with Crippen LogP contribution in [-0.4, -0.2) is 46.1 Å². The molecule has 1 aromatic rings. The summed E-state index contributed by atoms with van der Waals surface area (Å²) in [6, 6.07) is 3.30. The van der Waals surface area contributed by atoms with Crippen molar-refractivity contribution >= 4 is 11.9 Å². The zero-order valence-electron chi connectivity index (χ0n) is 12.1. The molecular weight excluding hydrogens is 272 g/mol. The first-order valence-corrected chi connectivity index (χ1v) is 7.24. The monoisotopic (exact) mass is 292 g/mol. The summed E-state index contributed by atoms with van der Waals surface area (Å²) < 4.78 is 5.73. The molecule has 0 bridgehead atoms.